The third kappa shape index (κ3) is 5.39. The Bertz CT molecular complexity index is 938. The molecule has 0 aliphatic carbocycles. The number of nitrogens with zero attached hydrogens (tertiary/aromatic N) is 3. The van der Waals surface area contributed by atoms with Crippen molar-refractivity contribution in [1.82, 2.24) is 20.2 Å². The van der Waals surface area contributed by atoms with Crippen LogP contribution in [0.15, 0.2) is 54.9 Å². The Morgan fingerprint density at radius 3 is 2.55 bits per heavy atom. The first-order valence-electron chi connectivity index (χ1n) is 10.5. The van der Waals surface area contributed by atoms with Gasteiger partial charge in [0.05, 0.1) is 16.8 Å². The lowest BCUT2D eigenvalue weighted by atomic mass is 10.0. The number of aromatic nitrogens is 2. The fourth-order valence-corrected chi connectivity index (χ4v) is 3.57. The van der Waals surface area contributed by atoms with Crippen molar-refractivity contribution < 1.29 is 4.79 Å². The number of carbonyl (C=O) groups excluding carboxylic acids is 1. The number of hydrogen-bond acceptors (Lipinski definition) is 4. The van der Waals surface area contributed by atoms with E-state index in [4.69, 9.17) is 4.98 Å². The molecule has 0 radical (unpaired) electrons. The Morgan fingerprint density at radius 2 is 1.83 bits per heavy atom. The Balaban J connectivity index is 1.78. The maximum Gasteiger partial charge on any atom is 0.252 e. The average molecular weight is 391 g/mol. The van der Waals surface area contributed by atoms with Gasteiger partial charge in [-0.1, -0.05) is 32.0 Å². The summed E-state index contributed by atoms with van der Waals surface area (Å²) in [5, 5.41) is 4.05. The summed E-state index contributed by atoms with van der Waals surface area (Å²) in [5.41, 5.74) is 3.22. The van der Waals surface area contributed by atoms with Crippen molar-refractivity contribution in [3.8, 4) is 11.3 Å². The van der Waals surface area contributed by atoms with Gasteiger partial charge in [0, 0.05) is 29.4 Å². The summed E-state index contributed by atoms with van der Waals surface area (Å²) < 4.78 is 0. The summed E-state index contributed by atoms with van der Waals surface area (Å²) in [6, 6.07) is 13.6. The largest absolute Gasteiger partial charge is 0.350 e. The molecule has 0 aliphatic rings. The van der Waals surface area contributed by atoms with Crippen LogP contribution in [0.1, 0.15) is 44.0 Å². The third-order valence-electron chi connectivity index (χ3n) is 5.32. The molecule has 0 fully saturated rings. The molecule has 1 N–H and O–H groups in total. The van der Waals surface area contributed by atoms with Gasteiger partial charge in [0.2, 0.25) is 0 Å². The Morgan fingerprint density at radius 1 is 1.10 bits per heavy atom. The molecule has 3 aromatic rings. The lowest BCUT2D eigenvalue weighted by Crippen LogP contribution is -2.33. The molecule has 3 rings (SSSR count). The fourth-order valence-electron chi connectivity index (χ4n) is 3.57. The van der Waals surface area contributed by atoms with Crippen LogP contribution >= 0.6 is 0 Å². The lowest BCUT2D eigenvalue weighted by molar-refractivity contribution is 0.0939. The van der Waals surface area contributed by atoms with Crippen molar-refractivity contribution in [2.75, 3.05) is 19.6 Å². The second-order valence-electron chi connectivity index (χ2n) is 7.35. The highest BCUT2D eigenvalue weighted by Gasteiger charge is 2.16. The molecule has 0 aliphatic heterocycles. The molecular formula is C24H30N4O. The molecule has 5 nitrogen and oxygen atoms in total. The number of hydrogen-bond donors (Lipinski definition) is 1. The van der Waals surface area contributed by atoms with Crippen LogP contribution in [0, 0.1) is 0 Å². The SMILES string of the molecule is CCN(CC)CCCC(C)NC(=O)c1cc(-c2ccncc2)nc2ccccc12. The van der Waals surface area contributed by atoms with E-state index in [1.807, 2.05) is 42.5 Å². The van der Waals surface area contributed by atoms with Crippen LogP contribution in [0.3, 0.4) is 0 Å². The summed E-state index contributed by atoms with van der Waals surface area (Å²) >= 11 is 0. The van der Waals surface area contributed by atoms with Crippen molar-refractivity contribution in [3.63, 3.8) is 0 Å². The monoisotopic (exact) mass is 390 g/mol. The van der Waals surface area contributed by atoms with Crippen LogP contribution in [0.2, 0.25) is 0 Å². The van der Waals surface area contributed by atoms with Gasteiger partial charge in [-0.15, -0.1) is 0 Å². The van der Waals surface area contributed by atoms with Gasteiger partial charge in [-0.2, -0.15) is 0 Å². The van der Waals surface area contributed by atoms with Gasteiger partial charge in [-0.05, 0) is 63.7 Å². The summed E-state index contributed by atoms with van der Waals surface area (Å²) in [5.74, 6) is -0.0470. The third-order valence-corrected chi connectivity index (χ3v) is 5.32. The maximum absolute atomic E-state index is 13.1. The highest BCUT2D eigenvalue weighted by atomic mass is 16.1. The van der Waals surface area contributed by atoms with E-state index in [0.29, 0.717) is 5.56 Å². The minimum absolute atomic E-state index is 0.0470. The highest BCUT2D eigenvalue weighted by molar-refractivity contribution is 6.07. The van der Waals surface area contributed by atoms with Crippen molar-refractivity contribution in [3.05, 3.63) is 60.4 Å². The van der Waals surface area contributed by atoms with Crippen molar-refractivity contribution in [2.24, 2.45) is 0 Å². The molecule has 1 atom stereocenters. The molecule has 0 bridgehead atoms. The van der Waals surface area contributed by atoms with Gasteiger partial charge in [0.25, 0.3) is 5.91 Å². The lowest BCUT2D eigenvalue weighted by Gasteiger charge is -2.20. The second-order valence-corrected chi connectivity index (χ2v) is 7.35. The van der Waals surface area contributed by atoms with E-state index in [-0.39, 0.29) is 11.9 Å². The van der Waals surface area contributed by atoms with Crippen LogP contribution in [-0.4, -0.2) is 46.5 Å². The number of carbonyl (C=O) groups is 1. The number of benzene rings is 1. The molecule has 0 saturated heterocycles. The van der Waals surface area contributed by atoms with Crippen LogP contribution in [-0.2, 0) is 0 Å². The average Bonchev–Trinajstić information content (AvgIpc) is 2.76. The number of amides is 1. The second kappa shape index (κ2) is 10.1. The van der Waals surface area contributed by atoms with E-state index in [2.05, 4.69) is 36.0 Å². The van der Waals surface area contributed by atoms with E-state index in [1.54, 1.807) is 12.4 Å². The van der Waals surface area contributed by atoms with E-state index in [0.717, 1.165) is 54.6 Å². The summed E-state index contributed by atoms with van der Waals surface area (Å²) in [7, 11) is 0. The molecule has 1 unspecified atom stereocenters. The number of para-hydroxylation sites is 1. The molecule has 0 spiro atoms. The van der Waals surface area contributed by atoms with Gasteiger partial charge in [-0.25, -0.2) is 4.98 Å². The van der Waals surface area contributed by atoms with Gasteiger partial charge in [-0.3, -0.25) is 9.78 Å². The maximum atomic E-state index is 13.1. The van der Waals surface area contributed by atoms with Crippen LogP contribution in [0.4, 0.5) is 0 Å². The minimum atomic E-state index is -0.0470. The Labute approximate surface area is 173 Å². The molecule has 29 heavy (non-hydrogen) atoms. The number of nitrogens with one attached hydrogen (secondary N) is 1. The van der Waals surface area contributed by atoms with Gasteiger partial charge >= 0.3 is 0 Å². The summed E-state index contributed by atoms with van der Waals surface area (Å²) in [6.07, 6.45) is 5.51. The zero-order valence-corrected chi connectivity index (χ0v) is 17.6. The van der Waals surface area contributed by atoms with E-state index in [9.17, 15) is 4.79 Å². The Hall–Kier alpha value is -2.79. The normalized spacial score (nSPS) is 12.3. The standard InChI is InChI=1S/C24H30N4O/c1-4-28(5-2)16-8-9-18(3)26-24(29)21-17-23(19-12-14-25-15-13-19)27-22-11-7-6-10-20(21)22/h6-7,10-15,17-18H,4-5,8-9,16H2,1-3H3,(H,26,29). The molecule has 2 aromatic heterocycles. The molecule has 1 aromatic carbocycles. The van der Waals surface area contributed by atoms with Gasteiger partial charge in [0.15, 0.2) is 0 Å². The first kappa shape index (κ1) is 20.9. The minimum Gasteiger partial charge on any atom is -0.350 e. The van der Waals surface area contributed by atoms with Crippen LogP contribution in [0.25, 0.3) is 22.2 Å². The van der Waals surface area contributed by atoms with E-state index in [1.165, 1.54) is 0 Å². The molecule has 152 valence electrons. The topological polar surface area (TPSA) is 58.1 Å². The zero-order chi connectivity index (χ0) is 20.6. The predicted molar refractivity (Wildman–Crippen MR) is 119 cm³/mol. The quantitative estimate of drug-likeness (QED) is 0.583. The number of rotatable bonds is 9. The first-order chi connectivity index (χ1) is 14.1. The molecular weight excluding hydrogens is 360 g/mol. The number of fused-ring (bicyclic) bond motifs is 1. The van der Waals surface area contributed by atoms with Crippen LogP contribution in [0.5, 0.6) is 0 Å². The van der Waals surface area contributed by atoms with Crippen molar-refractivity contribution >= 4 is 16.8 Å². The smallest absolute Gasteiger partial charge is 0.252 e. The summed E-state index contributed by atoms with van der Waals surface area (Å²) in [4.78, 5) is 24.3. The van der Waals surface area contributed by atoms with Gasteiger partial charge in [0.1, 0.15) is 0 Å². The van der Waals surface area contributed by atoms with Crippen LogP contribution < -0.4 is 5.32 Å². The highest BCUT2D eigenvalue weighted by Crippen LogP contribution is 2.24. The van der Waals surface area contributed by atoms with Crippen molar-refractivity contribution in [2.45, 2.75) is 39.7 Å². The Kier molecular flexibility index (Phi) is 7.30. The van der Waals surface area contributed by atoms with Crippen molar-refractivity contribution in [1.29, 1.82) is 0 Å². The molecule has 2 heterocycles. The molecule has 0 saturated carbocycles. The van der Waals surface area contributed by atoms with E-state index < -0.39 is 0 Å². The van der Waals surface area contributed by atoms with E-state index >= 15 is 0 Å². The molecule has 1 amide bonds. The first-order valence-corrected chi connectivity index (χ1v) is 10.5. The fraction of sp³-hybridized carbons (Fsp3) is 0.375. The number of pyridine rings is 2. The molecule has 5 heteroatoms. The summed E-state index contributed by atoms with van der Waals surface area (Å²) in [6.45, 7) is 9.65. The van der Waals surface area contributed by atoms with Gasteiger partial charge < -0.3 is 10.2 Å². The predicted octanol–water partition coefficient (Wildman–Crippen LogP) is 4.54. The zero-order valence-electron chi connectivity index (χ0n) is 17.6.